The molecule has 1 unspecified atom stereocenters. The highest BCUT2D eigenvalue weighted by Crippen LogP contribution is 2.30. The maximum atomic E-state index is 12.7. The molecule has 3 rings (SSSR count). The lowest BCUT2D eigenvalue weighted by molar-refractivity contribution is 0.0713. The molecule has 2 heterocycles. The average Bonchev–Trinajstić information content (AvgIpc) is 2.89. The van der Waals surface area contributed by atoms with E-state index in [0.29, 0.717) is 16.4 Å². The van der Waals surface area contributed by atoms with E-state index in [-0.39, 0.29) is 36.8 Å². The van der Waals surface area contributed by atoms with Crippen LogP contribution in [0.3, 0.4) is 0 Å². The molecule has 1 amide bonds. The first-order valence-corrected chi connectivity index (χ1v) is 8.52. The third-order valence-electron chi connectivity index (χ3n) is 3.83. The monoisotopic (exact) mass is 407 g/mol. The first kappa shape index (κ1) is 21.2. The smallest absolute Gasteiger partial charge is 0.265 e. The number of halogens is 3. The van der Waals surface area contributed by atoms with Crippen LogP contribution in [0, 0.1) is 6.92 Å². The molecule has 4 nitrogen and oxygen atoms in total. The van der Waals surface area contributed by atoms with Crippen LogP contribution in [0.15, 0.2) is 24.3 Å². The van der Waals surface area contributed by atoms with Crippen molar-refractivity contribution in [3.8, 4) is 10.6 Å². The zero-order valence-corrected chi connectivity index (χ0v) is 16.4. The summed E-state index contributed by atoms with van der Waals surface area (Å²) >= 11 is 7.35. The highest BCUT2D eigenvalue weighted by Gasteiger charge is 2.25. The Morgan fingerprint density at radius 1 is 1.33 bits per heavy atom. The fourth-order valence-electron chi connectivity index (χ4n) is 2.65. The Hall–Kier alpha value is -0.850. The van der Waals surface area contributed by atoms with Gasteiger partial charge in [-0.2, -0.15) is 0 Å². The largest absolute Gasteiger partial charge is 0.336 e. The topological polar surface area (TPSA) is 59.2 Å². The predicted octanol–water partition coefficient (Wildman–Crippen LogP) is 4.18. The quantitative estimate of drug-likeness (QED) is 0.811. The minimum atomic E-state index is 0. The van der Waals surface area contributed by atoms with Gasteiger partial charge in [0.2, 0.25) is 0 Å². The number of thiazole rings is 1. The number of piperidine rings is 1. The first-order chi connectivity index (χ1) is 10.5. The molecule has 1 aliphatic heterocycles. The van der Waals surface area contributed by atoms with Gasteiger partial charge in [0, 0.05) is 29.7 Å². The lowest BCUT2D eigenvalue weighted by Crippen LogP contribution is -2.45. The van der Waals surface area contributed by atoms with Crippen LogP contribution >= 0.6 is 47.8 Å². The summed E-state index contributed by atoms with van der Waals surface area (Å²) in [6.45, 7) is 3.29. The van der Waals surface area contributed by atoms with Crippen molar-refractivity contribution in [2.75, 3.05) is 13.1 Å². The molecular formula is C16H20Cl3N3OS. The van der Waals surface area contributed by atoms with Crippen molar-refractivity contribution in [3.63, 3.8) is 0 Å². The maximum absolute atomic E-state index is 12.7. The summed E-state index contributed by atoms with van der Waals surface area (Å²) in [7, 11) is 0. The molecule has 2 N–H and O–H groups in total. The zero-order valence-electron chi connectivity index (χ0n) is 13.2. The molecule has 0 radical (unpaired) electrons. The number of nitrogens with zero attached hydrogens (tertiary/aromatic N) is 2. The molecule has 2 aromatic rings. The van der Waals surface area contributed by atoms with Crippen LogP contribution in [0.5, 0.6) is 0 Å². The van der Waals surface area contributed by atoms with Crippen LogP contribution in [0.2, 0.25) is 5.02 Å². The van der Waals surface area contributed by atoms with Crippen molar-refractivity contribution >= 4 is 53.7 Å². The number of aromatic nitrogens is 1. The van der Waals surface area contributed by atoms with Crippen molar-refractivity contribution in [1.82, 2.24) is 9.88 Å². The Bertz CT molecular complexity index is 690. The van der Waals surface area contributed by atoms with Crippen molar-refractivity contribution in [3.05, 3.63) is 39.9 Å². The molecule has 1 aromatic carbocycles. The van der Waals surface area contributed by atoms with Crippen molar-refractivity contribution in [1.29, 1.82) is 0 Å². The number of amides is 1. The molecule has 1 aliphatic rings. The zero-order chi connectivity index (χ0) is 15.7. The number of aryl methyl sites for hydroxylation is 1. The number of hydrogen-bond donors (Lipinski definition) is 1. The summed E-state index contributed by atoms with van der Waals surface area (Å²) in [5.41, 5.74) is 7.73. The van der Waals surface area contributed by atoms with E-state index in [1.807, 2.05) is 36.1 Å². The van der Waals surface area contributed by atoms with E-state index in [1.165, 1.54) is 11.3 Å². The number of carbonyl (C=O) groups excluding carboxylic acids is 1. The molecule has 0 saturated carbocycles. The molecule has 1 saturated heterocycles. The molecule has 1 fully saturated rings. The lowest BCUT2D eigenvalue weighted by Gasteiger charge is -2.30. The molecular weight excluding hydrogens is 389 g/mol. The van der Waals surface area contributed by atoms with E-state index < -0.39 is 0 Å². The van der Waals surface area contributed by atoms with Crippen molar-refractivity contribution in [2.24, 2.45) is 5.73 Å². The molecule has 132 valence electrons. The number of rotatable bonds is 2. The molecule has 1 atom stereocenters. The van der Waals surface area contributed by atoms with E-state index in [1.54, 1.807) is 0 Å². The Kier molecular flexibility index (Phi) is 7.96. The Balaban J connectivity index is 0.00000144. The summed E-state index contributed by atoms with van der Waals surface area (Å²) < 4.78 is 0. The third kappa shape index (κ3) is 4.61. The second kappa shape index (κ2) is 9.02. The summed E-state index contributed by atoms with van der Waals surface area (Å²) in [5.74, 6) is 0.0466. The highest BCUT2D eigenvalue weighted by atomic mass is 35.5. The van der Waals surface area contributed by atoms with Crippen LogP contribution < -0.4 is 5.73 Å². The maximum Gasteiger partial charge on any atom is 0.265 e. The fourth-order valence-corrected chi connectivity index (χ4v) is 3.81. The summed E-state index contributed by atoms with van der Waals surface area (Å²) in [4.78, 5) is 19.8. The van der Waals surface area contributed by atoms with E-state index in [9.17, 15) is 4.79 Å². The Morgan fingerprint density at radius 3 is 2.62 bits per heavy atom. The van der Waals surface area contributed by atoms with Crippen molar-refractivity contribution < 1.29 is 4.79 Å². The van der Waals surface area contributed by atoms with E-state index in [4.69, 9.17) is 17.3 Å². The van der Waals surface area contributed by atoms with Gasteiger partial charge in [0.1, 0.15) is 9.88 Å². The Labute approximate surface area is 163 Å². The van der Waals surface area contributed by atoms with Gasteiger partial charge in [-0.15, -0.1) is 36.2 Å². The van der Waals surface area contributed by atoms with Crippen LogP contribution in [0.1, 0.15) is 28.2 Å². The van der Waals surface area contributed by atoms with Gasteiger partial charge in [-0.25, -0.2) is 4.98 Å². The SMILES string of the molecule is Cc1nc(-c2ccc(Cl)cc2)sc1C(=O)N1CCCC(N)C1.Cl.Cl. The molecule has 0 bridgehead atoms. The van der Waals surface area contributed by atoms with Crippen LogP contribution in [-0.4, -0.2) is 34.9 Å². The Morgan fingerprint density at radius 2 is 2.00 bits per heavy atom. The molecule has 8 heteroatoms. The highest BCUT2D eigenvalue weighted by molar-refractivity contribution is 7.17. The fraction of sp³-hybridized carbons (Fsp3) is 0.375. The average molecular weight is 409 g/mol. The van der Waals surface area contributed by atoms with E-state index >= 15 is 0 Å². The molecule has 24 heavy (non-hydrogen) atoms. The van der Waals surface area contributed by atoms with Gasteiger partial charge in [-0.05, 0) is 31.9 Å². The third-order valence-corrected chi connectivity index (χ3v) is 5.27. The standard InChI is InChI=1S/C16H18ClN3OS.2ClH/c1-10-14(16(21)20-8-2-3-13(18)9-20)22-15(19-10)11-4-6-12(17)7-5-11;;/h4-7,13H,2-3,8-9,18H2,1H3;2*1H. The number of hydrogen-bond acceptors (Lipinski definition) is 4. The van der Waals surface area contributed by atoms with Crippen LogP contribution in [0.4, 0.5) is 0 Å². The number of carbonyl (C=O) groups is 1. The predicted molar refractivity (Wildman–Crippen MR) is 105 cm³/mol. The van der Waals surface area contributed by atoms with Crippen molar-refractivity contribution in [2.45, 2.75) is 25.8 Å². The number of nitrogens with two attached hydrogens (primary N) is 1. The normalized spacial score (nSPS) is 17.0. The second-order valence-electron chi connectivity index (χ2n) is 5.59. The van der Waals surface area contributed by atoms with Gasteiger partial charge >= 0.3 is 0 Å². The van der Waals surface area contributed by atoms with E-state index in [0.717, 1.165) is 35.7 Å². The summed E-state index contributed by atoms with van der Waals surface area (Å²) in [6.07, 6.45) is 1.95. The van der Waals surface area contributed by atoms with Crippen LogP contribution in [0.25, 0.3) is 10.6 Å². The number of likely N-dealkylation sites (tertiary alicyclic amines) is 1. The van der Waals surface area contributed by atoms with Gasteiger partial charge in [0.05, 0.1) is 5.69 Å². The number of benzene rings is 1. The minimum Gasteiger partial charge on any atom is -0.336 e. The van der Waals surface area contributed by atoms with Crippen LogP contribution in [-0.2, 0) is 0 Å². The minimum absolute atomic E-state index is 0. The lowest BCUT2D eigenvalue weighted by atomic mass is 10.1. The van der Waals surface area contributed by atoms with Gasteiger partial charge in [0.25, 0.3) is 5.91 Å². The molecule has 0 aliphatic carbocycles. The second-order valence-corrected chi connectivity index (χ2v) is 7.03. The van der Waals surface area contributed by atoms with Gasteiger partial charge < -0.3 is 10.6 Å². The summed E-state index contributed by atoms with van der Waals surface area (Å²) in [6, 6.07) is 7.59. The molecule has 0 spiro atoms. The van der Waals surface area contributed by atoms with Gasteiger partial charge in [0.15, 0.2) is 0 Å². The van der Waals surface area contributed by atoms with Gasteiger partial charge in [-0.3, -0.25) is 4.79 Å². The first-order valence-electron chi connectivity index (χ1n) is 7.33. The molecule has 1 aromatic heterocycles. The van der Waals surface area contributed by atoms with Gasteiger partial charge in [-0.1, -0.05) is 23.7 Å². The van der Waals surface area contributed by atoms with E-state index in [2.05, 4.69) is 4.98 Å². The summed E-state index contributed by atoms with van der Waals surface area (Å²) in [5, 5.41) is 1.54.